The summed E-state index contributed by atoms with van der Waals surface area (Å²) in [6.45, 7) is 0. The molecule has 1 aliphatic rings. The molecule has 100 valence electrons. The quantitative estimate of drug-likeness (QED) is 0.826. The van der Waals surface area contributed by atoms with Crippen molar-refractivity contribution in [2.24, 2.45) is 5.92 Å². The molecule has 1 aliphatic carbocycles. The topological polar surface area (TPSA) is 66.4 Å². The number of hydrogen-bond acceptors (Lipinski definition) is 3. The van der Waals surface area contributed by atoms with Crippen molar-refractivity contribution in [3.8, 4) is 5.75 Å². The van der Waals surface area contributed by atoms with Gasteiger partial charge >= 0.3 is 0 Å². The van der Waals surface area contributed by atoms with Crippen molar-refractivity contribution in [1.29, 1.82) is 0 Å². The van der Waals surface area contributed by atoms with E-state index in [2.05, 4.69) is 4.72 Å². The van der Waals surface area contributed by atoms with Crippen LogP contribution in [0.4, 0.5) is 5.69 Å². The zero-order valence-electron chi connectivity index (χ0n) is 10.3. The molecule has 1 fully saturated rings. The fraction of sp³-hybridized carbons (Fsp3) is 0.538. The number of phenolic OH excluding ortho intramolecular Hbond substituents is 1. The molecule has 1 aromatic carbocycles. The molecule has 18 heavy (non-hydrogen) atoms. The number of rotatable bonds is 4. The molecule has 4 nitrogen and oxygen atoms in total. The van der Waals surface area contributed by atoms with Crippen LogP contribution in [0.15, 0.2) is 24.3 Å². The van der Waals surface area contributed by atoms with E-state index in [-0.39, 0.29) is 23.1 Å². The molecule has 0 saturated heterocycles. The molecular weight excluding hydrogens is 250 g/mol. The average molecular weight is 269 g/mol. The first-order valence-electron chi connectivity index (χ1n) is 6.35. The van der Waals surface area contributed by atoms with Crippen LogP contribution >= 0.6 is 0 Å². The standard InChI is InChI=1S/C13H19NO3S/c15-13-9-5-4-8-12(13)14-18(16,17)10-11-6-2-1-3-7-11/h4-5,8-9,11,14-15H,1-3,6-7,10H2. The summed E-state index contributed by atoms with van der Waals surface area (Å²) < 4.78 is 26.5. The molecule has 2 N–H and O–H groups in total. The summed E-state index contributed by atoms with van der Waals surface area (Å²) in [4.78, 5) is 0. The van der Waals surface area contributed by atoms with E-state index in [4.69, 9.17) is 0 Å². The van der Waals surface area contributed by atoms with Gasteiger partial charge in [0.1, 0.15) is 5.75 Å². The second-order valence-electron chi connectivity index (χ2n) is 4.90. The molecule has 0 amide bonds. The van der Waals surface area contributed by atoms with E-state index in [1.54, 1.807) is 18.2 Å². The van der Waals surface area contributed by atoms with Crippen LogP contribution in [0.2, 0.25) is 0 Å². The van der Waals surface area contributed by atoms with Gasteiger partial charge in [-0.2, -0.15) is 0 Å². The van der Waals surface area contributed by atoms with Crippen LogP contribution in [0, 0.1) is 5.92 Å². The van der Waals surface area contributed by atoms with Crippen molar-refractivity contribution in [3.63, 3.8) is 0 Å². The van der Waals surface area contributed by atoms with Gasteiger partial charge in [-0.05, 0) is 30.9 Å². The Labute approximate surface area is 108 Å². The largest absolute Gasteiger partial charge is 0.506 e. The monoisotopic (exact) mass is 269 g/mol. The van der Waals surface area contributed by atoms with Crippen molar-refractivity contribution in [2.75, 3.05) is 10.5 Å². The highest BCUT2D eigenvalue weighted by Crippen LogP contribution is 2.27. The van der Waals surface area contributed by atoms with Gasteiger partial charge in [-0.3, -0.25) is 4.72 Å². The molecule has 1 aromatic rings. The van der Waals surface area contributed by atoms with Crippen LogP contribution in [-0.2, 0) is 10.0 Å². The molecule has 0 aromatic heterocycles. The van der Waals surface area contributed by atoms with Crippen molar-refractivity contribution >= 4 is 15.7 Å². The summed E-state index contributed by atoms with van der Waals surface area (Å²) in [6.07, 6.45) is 5.43. The lowest BCUT2D eigenvalue weighted by atomic mass is 9.91. The molecule has 0 aliphatic heterocycles. The van der Waals surface area contributed by atoms with Crippen LogP contribution in [0.5, 0.6) is 5.75 Å². The van der Waals surface area contributed by atoms with Crippen molar-refractivity contribution < 1.29 is 13.5 Å². The summed E-state index contributed by atoms with van der Waals surface area (Å²) in [5.74, 6) is 0.369. The van der Waals surface area contributed by atoms with E-state index in [0.29, 0.717) is 0 Å². The maximum absolute atomic E-state index is 12.0. The number of nitrogens with one attached hydrogen (secondary N) is 1. The Balaban J connectivity index is 2.01. The van der Waals surface area contributed by atoms with Gasteiger partial charge in [0.2, 0.25) is 10.0 Å². The fourth-order valence-electron chi connectivity index (χ4n) is 2.43. The molecule has 2 rings (SSSR count). The third kappa shape index (κ3) is 3.63. The normalized spacial score (nSPS) is 17.6. The van der Waals surface area contributed by atoms with Crippen LogP contribution in [0.1, 0.15) is 32.1 Å². The molecule has 0 bridgehead atoms. The summed E-state index contributed by atoms with van der Waals surface area (Å²) in [5.41, 5.74) is 0.258. The lowest BCUT2D eigenvalue weighted by molar-refractivity contribution is 0.385. The Morgan fingerprint density at radius 2 is 1.83 bits per heavy atom. The molecule has 0 spiro atoms. The van der Waals surface area contributed by atoms with Gasteiger partial charge in [-0.1, -0.05) is 31.4 Å². The number of benzene rings is 1. The number of anilines is 1. The van der Waals surface area contributed by atoms with Crippen molar-refractivity contribution in [3.05, 3.63) is 24.3 Å². The zero-order valence-corrected chi connectivity index (χ0v) is 11.1. The van der Waals surface area contributed by atoms with Crippen molar-refractivity contribution in [1.82, 2.24) is 0 Å². The maximum atomic E-state index is 12.0. The van der Waals surface area contributed by atoms with Crippen LogP contribution in [-0.4, -0.2) is 19.3 Å². The van der Waals surface area contributed by atoms with Gasteiger partial charge in [0.05, 0.1) is 11.4 Å². The van der Waals surface area contributed by atoms with Gasteiger partial charge < -0.3 is 5.11 Å². The van der Waals surface area contributed by atoms with Crippen LogP contribution < -0.4 is 4.72 Å². The molecule has 0 unspecified atom stereocenters. The van der Waals surface area contributed by atoms with Crippen LogP contribution in [0.3, 0.4) is 0 Å². The Hall–Kier alpha value is -1.23. The van der Waals surface area contributed by atoms with E-state index < -0.39 is 10.0 Å². The van der Waals surface area contributed by atoms with Crippen molar-refractivity contribution in [2.45, 2.75) is 32.1 Å². The Bertz CT molecular complexity index is 493. The van der Waals surface area contributed by atoms with Gasteiger partial charge in [0, 0.05) is 0 Å². The smallest absolute Gasteiger partial charge is 0.233 e. The van der Waals surface area contributed by atoms with E-state index >= 15 is 0 Å². The molecule has 5 heteroatoms. The summed E-state index contributed by atoms with van der Waals surface area (Å²) in [6, 6.07) is 6.39. The number of para-hydroxylation sites is 2. The lowest BCUT2D eigenvalue weighted by Crippen LogP contribution is -2.24. The van der Waals surface area contributed by atoms with E-state index in [0.717, 1.165) is 25.7 Å². The van der Waals surface area contributed by atoms with E-state index in [9.17, 15) is 13.5 Å². The minimum absolute atomic E-state index is 0.0373. The molecule has 0 atom stereocenters. The third-order valence-corrected chi connectivity index (χ3v) is 4.79. The lowest BCUT2D eigenvalue weighted by Gasteiger charge is -2.21. The third-order valence-electron chi connectivity index (χ3n) is 3.35. The number of sulfonamides is 1. The van der Waals surface area contributed by atoms with Crippen LogP contribution in [0.25, 0.3) is 0 Å². The minimum atomic E-state index is -3.37. The molecule has 0 heterocycles. The second-order valence-corrected chi connectivity index (χ2v) is 6.67. The van der Waals surface area contributed by atoms with Gasteiger partial charge in [-0.25, -0.2) is 8.42 Å². The van der Waals surface area contributed by atoms with E-state index in [1.165, 1.54) is 12.5 Å². The summed E-state index contributed by atoms with van der Waals surface area (Å²) in [7, 11) is -3.37. The van der Waals surface area contributed by atoms with Gasteiger partial charge in [0.15, 0.2) is 0 Å². The Kier molecular flexibility index (Phi) is 4.11. The maximum Gasteiger partial charge on any atom is 0.233 e. The second kappa shape index (κ2) is 5.61. The molecule has 1 saturated carbocycles. The van der Waals surface area contributed by atoms with Gasteiger partial charge in [0.25, 0.3) is 0 Å². The zero-order chi connectivity index (χ0) is 13.0. The number of hydrogen-bond donors (Lipinski definition) is 2. The Morgan fingerprint density at radius 3 is 2.50 bits per heavy atom. The highest BCUT2D eigenvalue weighted by Gasteiger charge is 2.21. The summed E-state index contributed by atoms with van der Waals surface area (Å²) in [5, 5.41) is 9.55. The number of phenols is 1. The SMILES string of the molecule is O=S(=O)(CC1CCCCC1)Nc1ccccc1O. The minimum Gasteiger partial charge on any atom is -0.506 e. The number of aromatic hydroxyl groups is 1. The summed E-state index contributed by atoms with van der Waals surface area (Å²) >= 11 is 0. The highest BCUT2D eigenvalue weighted by atomic mass is 32.2. The first-order valence-corrected chi connectivity index (χ1v) is 8.00. The highest BCUT2D eigenvalue weighted by molar-refractivity contribution is 7.92. The molecular formula is C13H19NO3S. The average Bonchev–Trinajstić information content (AvgIpc) is 2.32. The first-order chi connectivity index (χ1) is 8.57. The first kappa shape index (κ1) is 13.2. The Morgan fingerprint density at radius 1 is 1.17 bits per heavy atom. The van der Waals surface area contributed by atoms with E-state index in [1.807, 2.05) is 0 Å². The fourth-order valence-corrected chi connectivity index (χ4v) is 3.98. The predicted octanol–water partition coefficient (Wildman–Crippen LogP) is 2.71. The predicted molar refractivity (Wildman–Crippen MR) is 72.1 cm³/mol. The molecule has 0 radical (unpaired) electrons. The van der Waals surface area contributed by atoms with Gasteiger partial charge in [-0.15, -0.1) is 0 Å².